The molecule has 0 aliphatic heterocycles. The number of benzene rings is 1. The highest BCUT2D eigenvalue weighted by molar-refractivity contribution is 5.69. The molecule has 4 heteroatoms. The van der Waals surface area contributed by atoms with Crippen molar-refractivity contribution in [2.45, 2.75) is 6.92 Å². The average Bonchev–Trinajstić information content (AvgIpc) is 2.70. The Morgan fingerprint density at radius 3 is 2.71 bits per heavy atom. The predicted molar refractivity (Wildman–Crippen MR) is 62.2 cm³/mol. The molecule has 86 valence electrons. The third kappa shape index (κ3) is 2.00. The Morgan fingerprint density at radius 1 is 1.35 bits per heavy atom. The van der Waals surface area contributed by atoms with Gasteiger partial charge in [-0.25, -0.2) is 4.39 Å². The molecule has 0 amide bonds. The largest absolute Gasteiger partial charge is 0.496 e. The van der Waals surface area contributed by atoms with Gasteiger partial charge in [0.1, 0.15) is 17.6 Å². The fourth-order valence-corrected chi connectivity index (χ4v) is 1.71. The summed E-state index contributed by atoms with van der Waals surface area (Å²) in [4.78, 5) is 3.04. The highest BCUT2D eigenvalue weighted by Crippen LogP contribution is 2.31. The number of rotatable bonds is 2. The van der Waals surface area contributed by atoms with Gasteiger partial charge in [0.2, 0.25) is 0 Å². The maximum atomic E-state index is 13.2. The molecule has 0 aliphatic carbocycles. The number of aromatic amines is 1. The van der Waals surface area contributed by atoms with Crippen LogP contribution in [0.2, 0.25) is 0 Å². The summed E-state index contributed by atoms with van der Waals surface area (Å²) in [6.45, 7) is 1.80. The van der Waals surface area contributed by atoms with Gasteiger partial charge >= 0.3 is 0 Å². The smallest absolute Gasteiger partial charge is 0.128 e. The van der Waals surface area contributed by atoms with Gasteiger partial charge in [-0.3, -0.25) is 0 Å². The molecule has 0 unspecified atom stereocenters. The Labute approximate surface area is 98.5 Å². The van der Waals surface area contributed by atoms with Gasteiger partial charge in [-0.1, -0.05) is 0 Å². The number of H-pyrrole nitrogens is 1. The molecule has 0 spiro atoms. The number of aromatic nitrogens is 1. The van der Waals surface area contributed by atoms with Crippen molar-refractivity contribution in [3.05, 3.63) is 41.3 Å². The summed E-state index contributed by atoms with van der Waals surface area (Å²) in [5, 5.41) is 8.88. The van der Waals surface area contributed by atoms with Crippen molar-refractivity contribution < 1.29 is 9.13 Å². The van der Waals surface area contributed by atoms with Gasteiger partial charge in [0.15, 0.2) is 0 Å². The summed E-state index contributed by atoms with van der Waals surface area (Å²) < 4.78 is 18.4. The fourth-order valence-electron chi connectivity index (χ4n) is 1.71. The number of ether oxygens (including phenoxy) is 1. The summed E-state index contributed by atoms with van der Waals surface area (Å²) >= 11 is 0. The Balaban J connectivity index is 2.59. The van der Waals surface area contributed by atoms with Gasteiger partial charge in [0.05, 0.1) is 18.4 Å². The van der Waals surface area contributed by atoms with Crippen LogP contribution < -0.4 is 4.74 Å². The standard InChI is InChI=1S/C13H11FN2O/c1-8-9(7-15)5-12(16-8)11-6-10(14)3-4-13(11)17-2/h3-6,16H,1-2H3. The molecule has 0 saturated carbocycles. The van der Waals surface area contributed by atoms with Gasteiger partial charge in [-0.15, -0.1) is 0 Å². The van der Waals surface area contributed by atoms with Crippen molar-refractivity contribution in [3.63, 3.8) is 0 Å². The quantitative estimate of drug-likeness (QED) is 0.862. The van der Waals surface area contributed by atoms with E-state index in [1.165, 1.54) is 19.2 Å². The predicted octanol–water partition coefficient (Wildman–Crippen LogP) is 3.01. The number of methoxy groups -OCH3 is 1. The summed E-state index contributed by atoms with van der Waals surface area (Å²) in [6, 6.07) is 8.04. The molecule has 2 rings (SSSR count). The molecule has 0 aliphatic rings. The molecule has 0 atom stereocenters. The minimum absolute atomic E-state index is 0.341. The average molecular weight is 230 g/mol. The molecular weight excluding hydrogens is 219 g/mol. The highest BCUT2D eigenvalue weighted by atomic mass is 19.1. The van der Waals surface area contributed by atoms with E-state index in [2.05, 4.69) is 11.1 Å². The topological polar surface area (TPSA) is 48.8 Å². The zero-order valence-electron chi connectivity index (χ0n) is 9.54. The van der Waals surface area contributed by atoms with Crippen LogP contribution in [0.4, 0.5) is 4.39 Å². The maximum Gasteiger partial charge on any atom is 0.128 e. The molecule has 1 aromatic heterocycles. The zero-order valence-corrected chi connectivity index (χ0v) is 9.54. The van der Waals surface area contributed by atoms with Gasteiger partial charge in [0, 0.05) is 11.3 Å². The molecule has 1 heterocycles. The molecule has 17 heavy (non-hydrogen) atoms. The lowest BCUT2D eigenvalue weighted by atomic mass is 10.1. The monoisotopic (exact) mass is 230 g/mol. The lowest BCUT2D eigenvalue weighted by Crippen LogP contribution is -1.89. The molecule has 1 aromatic carbocycles. The lowest BCUT2D eigenvalue weighted by molar-refractivity contribution is 0.415. The fraction of sp³-hybridized carbons (Fsp3) is 0.154. The van der Waals surface area contributed by atoms with Crippen LogP contribution in [0.3, 0.4) is 0 Å². The van der Waals surface area contributed by atoms with Gasteiger partial charge < -0.3 is 9.72 Å². The van der Waals surface area contributed by atoms with Crippen LogP contribution in [0, 0.1) is 24.1 Å². The van der Waals surface area contributed by atoms with E-state index in [1.807, 2.05) is 0 Å². The molecule has 0 radical (unpaired) electrons. The number of aryl methyl sites for hydroxylation is 1. The molecule has 2 aromatic rings. The molecule has 0 bridgehead atoms. The number of hydrogen-bond donors (Lipinski definition) is 1. The highest BCUT2D eigenvalue weighted by Gasteiger charge is 2.11. The summed E-state index contributed by atoms with van der Waals surface area (Å²) in [7, 11) is 1.53. The van der Waals surface area contributed by atoms with Crippen LogP contribution in [0.1, 0.15) is 11.3 Å². The normalized spacial score (nSPS) is 10.0. The molecule has 1 N–H and O–H groups in total. The van der Waals surface area contributed by atoms with E-state index in [9.17, 15) is 4.39 Å². The number of nitrogens with zero attached hydrogens (tertiary/aromatic N) is 1. The Bertz CT molecular complexity index is 596. The van der Waals surface area contributed by atoms with Crippen LogP contribution in [-0.4, -0.2) is 12.1 Å². The zero-order chi connectivity index (χ0) is 12.4. The van der Waals surface area contributed by atoms with Crippen molar-refractivity contribution in [2.75, 3.05) is 7.11 Å². The second kappa shape index (κ2) is 4.30. The maximum absolute atomic E-state index is 13.2. The minimum Gasteiger partial charge on any atom is -0.496 e. The molecule has 0 saturated heterocycles. The van der Waals surface area contributed by atoms with Crippen molar-refractivity contribution in [2.24, 2.45) is 0 Å². The Morgan fingerprint density at radius 2 is 2.12 bits per heavy atom. The first-order chi connectivity index (χ1) is 8.15. The van der Waals surface area contributed by atoms with E-state index < -0.39 is 0 Å². The second-order valence-electron chi connectivity index (χ2n) is 3.68. The van der Waals surface area contributed by atoms with Crippen LogP contribution in [0.25, 0.3) is 11.3 Å². The van der Waals surface area contributed by atoms with Crippen molar-refractivity contribution in [1.29, 1.82) is 5.26 Å². The lowest BCUT2D eigenvalue weighted by Gasteiger charge is -2.06. The van der Waals surface area contributed by atoms with Crippen LogP contribution in [0.5, 0.6) is 5.75 Å². The summed E-state index contributed by atoms with van der Waals surface area (Å²) in [6.07, 6.45) is 0. The number of nitrogens with one attached hydrogen (secondary N) is 1. The summed E-state index contributed by atoms with van der Waals surface area (Å²) in [5.74, 6) is 0.226. The minimum atomic E-state index is -0.341. The van der Waals surface area contributed by atoms with E-state index in [0.29, 0.717) is 22.6 Å². The number of hydrogen-bond acceptors (Lipinski definition) is 2. The van der Waals surface area contributed by atoms with Gasteiger partial charge in [0.25, 0.3) is 0 Å². The number of halogens is 1. The number of nitriles is 1. The third-order valence-corrected chi connectivity index (χ3v) is 2.59. The van der Waals surface area contributed by atoms with E-state index >= 15 is 0 Å². The third-order valence-electron chi connectivity index (χ3n) is 2.59. The van der Waals surface area contributed by atoms with Gasteiger partial charge in [-0.05, 0) is 31.2 Å². The van der Waals surface area contributed by atoms with Crippen molar-refractivity contribution >= 4 is 0 Å². The second-order valence-corrected chi connectivity index (χ2v) is 3.68. The van der Waals surface area contributed by atoms with Crippen molar-refractivity contribution in [3.8, 4) is 23.1 Å². The first kappa shape index (κ1) is 11.2. The van der Waals surface area contributed by atoms with Crippen LogP contribution in [-0.2, 0) is 0 Å². The SMILES string of the molecule is COc1ccc(F)cc1-c1cc(C#N)c(C)[nH]1. The first-order valence-corrected chi connectivity index (χ1v) is 5.09. The Hall–Kier alpha value is -2.28. The van der Waals surface area contributed by atoms with E-state index in [1.54, 1.807) is 19.1 Å². The van der Waals surface area contributed by atoms with E-state index in [4.69, 9.17) is 10.00 Å². The van der Waals surface area contributed by atoms with Crippen molar-refractivity contribution in [1.82, 2.24) is 4.98 Å². The van der Waals surface area contributed by atoms with E-state index in [-0.39, 0.29) is 5.82 Å². The van der Waals surface area contributed by atoms with Crippen LogP contribution >= 0.6 is 0 Å². The van der Waals surface area contributed by atoms with Gasteiger partial charge in [-0.2, -0.15) is 5.26 Å². The van der Waals surface area contributed by atoms with E-state index in [0.717, 1.165) is 5.69 Å². The molecule has 0 fully saturated rings. The first-order valence-electron chi connectivity index (χ1n) is 5.09. The summed E-state index contributed by atoms with van der Waals surface area (Å²) in [5.41, 5.74) is 2.59. The van der Waals surface area contributed by atoms with Crippen LogP contribution in [0.15, 0.2) is 24.3 Å². The molecular formula is C13H11FN2O. The Kier molecular flexibility index (Phi) is 2.84. The molecule has 3 nitrogen and oxygen atoms in total.